The molecule has 0 heterocycles. The number of carbonyl (C=O) groups is 1. The van der Waals surface area contributed by atoms with Gasteiger partial charge in [0.15, 0.2) is 0 Å². The summed E-state index contributed by atoms with van der Waals surface area (Å²) in [5.74, 6) is 0.216. The maximum Gasteiger partial charge on any atom is 0.267 e. The van der Waals surface area contributed by atoms with Gasteiger partial charge in [0, 0.05) is 5.92 Å². The highest BCUT2D eigenvalue weighted by Crippen LogP contribution is 2.09. The van der Waals surface area contributed by atoms with Gasteiger partial charge >= 0.3 is 0 Å². The highest BCUT2D eigenvalue weighted by molar-refractivity contribution is 7.86. The van der Waals surface area contributed by atoms with Crippen LogP contribution in [0.3, 0.4) is 0 Å². The Labute approximate surface area is 85.8 Å². The average molecular weight is 222 g/mol. The highest BCUT2D eigenvalue weighted by atomic mass is 32.2. The zero-order valence-corrected chi connectivity index (χ0v) is 9.76. The van der Waals surface area contributed by atoms with Crippen molar-refractivity contribution in [3.8, 4) is 0 Å². The minimum Gasteiger partial charge on any atom is -0.300 e. The summed E-state index contributed by atoms with van der Waals surface area (Å²) in [4.78, 5) is 10.8. The molecule has 0 fully saturated rings. The zero-order valence-electron chi connectivity index (χ0n) is 8.95. The van der Waals surface area contributed by atoms with E-state index in [1.54, 1.807) is 6.92 Å². The predicted molar refractivity (Wildman–Crippen MR) is 54.5 cm³/mol. The van der Waals surface area contributed by atoms with E-state index in [1.165, 1.54) is 0 Å². The number of hydrogen-bond donors (Lipinski definition) is 0. The SMILES string of the molecule is COS(=O)(=O)CCCCC(C)C(C)=O. The van der Waals surface area contributed by atoms with Crippen LogP contribution in [0, 0.1) is 5.92 Å². The number of unbranched alkanes of at least 4 members (excludes halogenated alkanes) is 1. The molecule has 1 atom stereocenters. The molecule has 14 heavy (non-hydrogen) atoms. The summed E-state index contributed by atoms with van der Waals surface area (Å²) >= 11 is 0. The van der Waals surface area contributed by atoms with Crippen LogP contribution in [-0.4, -0.2) is 27.1 Å². The Kier molecular flexibility index (Phi) is 5.95. The predicted octanol–water partition coefficient (Wildman–Crippen LogP) is 1.36. The maximum absolute atomic E-state index is 10.9. The number of rotatable bonds is 7. The van der Waals surface area contributed by atoms with Crippen LogP contribution >= 0.6 is 0 Å². The van der Waals surface area contributed by atoms with Gasteiger partial charge < -0.3 is 0 Å². The van der Waals surface area contributed by atoms with E-state index in [4.69, 9.17) is 0 Å². The Morgan fingerprint density at radius 2 is 1.93 bits per heavy atom. The smallest absolute Gasteiger partial charge is 0.267 e. The molecule has 0 saturated heterocycles. The average Bonchev–Trinajstić information content (AvgIpc) is 2.12. The molecular formula is C9H18O4S. The number of carbonyl (C=O) groups excluding carboxylic acids is 1. The van der Waals surface area contributed by atoms with E-state index in [9.17, 15) is 13.2 Å². The lowest BCUT2D eigenvalue weighted by Gasteiger charge is -2.06. The van der Waals surface area contributed by atoms with Gasteiger partial charge in [0.1, 0.15) is 5.78 Å². The molecule has 0 aliphatic carbocycles. The summed E-state index contributed by atoms with van der Waals surface area (Å²) < 4.78 is 26.1. The molecule has 4 nitrogen and oxygen atoms in total. The van der Waals surface area contributed by atoms with Crippen molar-refractivity contribution < 1.29 is 17.4 Å². The molecule has 5 heteroatoms. The number of Topliss-reactive ketones (excluding diaryl/α,β-unsaturated/α-hetero) is 1. The summed E-state index contributed by atoms with van der Waals surface area (Å²) in [7, 11) is -2.16. The van der Waals surface area contributed by atoms with Gasteiger partial charge in [0.2, 0.25) is 0 Å². The van der Waals surface area contributed by atoms with Gasteiger partial charge in [-0.25, -0.2) is 0 Å². The molecule has 0 N–H and O–H groups in total. The normalized spacial score (nSPS) is 13.9. The van der Waals surface area contributed by atoms with Crippen molar-refractivity contribution in [3.63, 3.8) is 0 Å². The topological polar surface area (TPSA) is 60.4 Å². The van der Waals surface area contributed by atoms with Gasteiger partial charge in [0.25, 0.3) is 10.1 Å². The first-order valence-corrected chi connectivity index (χ1v) is 6.25. The van der Waals surface area contributed by atoms with Gasteiger partial charge in [-0.15, -0.1) is 0 Å². The van der Waals surface area contributed by atoms with Crippen molar-refractivity contribution in [1.82, 2.24) is 0 Å². The minimum absolute atomic E-state index is 0.0280. The van der Waals surface area contributed by atoms with Crippen LogP contribution in [0.25, 0.3) is 0 Å². The fourth-order valence-corrected chi connectivity index (χ4v) is 1.74. The van der Waals surface area contributed by atoms with Crippen LogP contribution in [0.2, 0.25) is 0 Å². The van der Waals surface area contributed by atoms with Crippen LogP contribution < -0.4 is 0 Å². The summed E-state index contributed by atoms with van der Waals surface area (Å²) in [6, 6.07) is 0. The molecule has 84 valence electrons. The van der Waals surface area contributed by atoms with E-state index < -0.39 is 10.1 Å². The third kappa shape index (κ3) is 6.10. The van der Waals surface area contributed by atoms with Crippen LogP contribution in [0.15, 0.2) is 0 Å². The fraction of sp³-hybridized carbons (Fsp3) is 0.889. The molecule has 0 radical (unpaired) electrons. The van der Waals surface area contributed by atoms with Crippen LogP contribution in [0.1, 0.15) is 33.1 Å². The molecule has 0 spiro atoms. The highest BCUT2D eigenvalue weighted by Gasteiger charge is 2.10. The van der Waals surface area contributed by atoms with E-state index in [2.05, 4.69) is 4.18 Å². The third-order valence-corrected chi connectivity index (χ3v) is 3.53. The molecule has 0 aromatic heterocycles. The molecule has 0 aliphatic heterocycles. The molecule has 0 bridgehead atoms. The zero-order chi connectivity index (χ0) is 11.2. The molecule has 0 saturated carbocycles. The number of hydrogen-bond acceptors (Lipinski definition) is 4. The largest absolute Gasteiger partial charge is 0.300 e. The fourth-order valence-electron chi connectivity index (χ4n) is 1.02. The molecule has 0 amide bonds. The summed E-state index contributed by atoms with van der Waals surface area (Å²) in [5, 5.41) is 0. The molecule has 0 aliphatic rings. The lowest BCUT2D eigenvalue weighted by Crippen LogP contribution is -2.10. The molecule has 1 unspecified atom stereocenters. The van der Waals surface area contributed by atoms with Crippen molar-refractivity contribution in [1.29, 1.82) is 0 Å². The Morgan fingerprint density at radius 1 is 1.36 bits per heavy atom. The first-order valence-electron chi connectivity index (χ1n) is 4.68. The standard InChI is InChI=1S/C9H18O4S/c1-8(9(2)10)6-4-5-7-14(11,12)13-3/h8H,4-7H2,1-3H3. The Morgan fingerprint density at radius 3 is 2.36 bits per heavy atom. The first kappa shape index (κ1) is 13.6. The molecule has 0 rings (SSSR count). The lowest BCUT2D eigenvalue weighted by atomic mass is 10.0. The monoisotopic (exact) mass is 222 g/mol. The Balaban J connectivity index is 3.62. The van der Waals surface area contributed by atoms with E-state index >= 15 is 0 Å². The van der Waals surface area contributed by atoms with Crippen molar-refractivity contribution in [2.75, 3.05) is 12.9 Å². The maximum atomic E-state index is 10.9. The van der Waals surface area contributed by atoms with Crippen LogP contribution in [-0.2, 0) is 19.1 Å². The summed E-state index contributed by atoms with van der Waals surface area (Å²) in [6.45, 7) is 3.41. The Bertz CT molecular complexity index is 269. The lowest BCUT2D eigenvalue weighted by molar-refractivity contribution is -0.120. The molecule has 0 aromatic rings. The summed E-state index contributed by atoms with van der Waals surface area (Å²) in [5.41, 5.74) is 0. The minimum atomic E-state index is -3.32. The van der Waals surface area contributed by atoms with Crippen LogP contribution in [0.4, 0.5) is 0 Å². The van der Waals surface area contributed by atoms with E-state index in [0.29, 0.717) is 6.42 Å². The van der Waals surface area contributed by atoms with Crippen molar-refractivity contribution in [2.24, 2.45) is 5.92 Å². The molecule has 0 aromatic carbocycles. The van der Waals surface area contributed by atoms with Gasteiger partial charge in [0.05, 0.1) is 12.9 Å². The van der Waals surface area contributed by atoms with E-state index in [1.807, 2.05) is 6.92 Å². The van der Waals surface area contributed by atoms with Gasteiger partial charge in [-0.3, -0.25) is 8.98 Å². The second-order valence-electron chi connectivity index (χ2n) is 3.44. The van der Waals surface area contributed by atoms with Gasteiger partial charge in [-0.2, -0.15) is 8.42 Å². The van der Waals surface area contributed by atoms with Crippen molar-refractivity contribution >= 4 is 15.9 Å². The van der Waals surface area contributed by atoms with Crippen molar-refractivity contribution in [3.05, 3.63) is 0 Å². The number of ketones is 1. The second-order valence-corrected chi connectivity index (χ2v) is 5.29. The van der Waals surface area contributed by atoms with Gasteiger partial charge in [-0.05, 0) is 19.8 Å². The first-order chi connectivity index (χ1) is 6.39. The van der Waals surface area contributed by atoms with Gasteiger partial charge in [-0.1, -0.05) is 13.3 Å². The Hall–Kier alpha value is -0.420. The van der Waals surface area contributed by atoms with Crippen LogP contribution in [0.5, 0.6) is 0 Å². The second kappa shape index (κ2) is 6.14. The van der Waals surface area contributed by atoms with E-state index in [-0.39, 0.29) is 17.5 Å². The van der Waals surface area contributed by atoms with Crippen molar-refractivity contribution in [2.45, 2.75) is 33.1 Å². The third-order valence-electron chi connectivity index (χ3n) is 2.23. The quantitative estimate of drug-likeness (QED) is 0.482. The summed E-state index contributed by atoms with van der Waals surface area (Å²) in [6.07, 6.45) is 2.03. The molecular weight excluding hydrogens is 204 g/mol. The van der Waals surface area contributed by atoms with E-state index in [0.717, 1.165) is 20.0 Å².